The van der Waals surface area contributed by atoms with Gasteiger partial charge < -0.3 is 15.4 Å². The molecule has 1 aromatic carbocycles. The number of hydrogen-bond donors (Lipinski definition) is 2. The Kier molecular flexibility index (Phi) is 8.81. The summed E-state index contributed by atoms with van der Waals surface area (Å²) in [6.45, 7) is 10.0. The third-order valence-electron chi connectivity index (χ3n) is 6.50. The maximum Gasteiger partial charge on any atom is 0.191 e. The number of benzene rings is 1. The van der Waals surface area contributed by atoms with E-state index in [1.807, 2.05) is 13.1 Å². The normalized spacial score (nSPS) is 27.6. The highest BCUT2D eigenvalue weighted by Gasteiger charge is 2.31. The number of aliphatic imine (C=N–C) groups is 1. The molecule has 3 rings (SSSR count). The number of piperidine rings is 1. The molecule has 168 valence electrons. The highest BCUT2D eigenvalue weighted by molar-refractivity contribution is 6.30. The third kappa shape index (κ3) is 6.10. The molecule has 0 aromatic heterocycles. The lowest BCUT2D eigenvalue weighted by Gasteiger charge is -2.40. The summed E-state index contributed by atoms with van der Waals surface area (Å²) in [4.78, 5) is 9.42. The monoisotopic (exact) mass is 435 g/mol. The van der Waals surface area contributed by atoms with E-state index in [1.54, 1.807) is 0 Å². The zero-order chi connectivity index (χ0) is 21.5. The lowest BCUT2D eigenvalue weighted by atomic mass is 9.85. The van der Waals surface area contributed by atoms with E-state index in [1.165, 1.54) is 18.4 Å². The van der Waals surface area contributed by atoms with Crippen molar-refractivity contribution < 1.29 is 4.74 Å². The van der Waals surface area contributed by atoms with Crippen LogP contribution in [0.25, 0.3) is 0 Å². The van der Waals surface area contributed by atoms with Crippen LogP contribution < -0.4 is 10.6 Å². The number of nitrogens with zero attached hydrogens (tertiary/aromatic N) is 3. The fourth-order valence-corrected chi connectivity index (χ4v) is 5.09. The van der Waals surface area contributed by atoms with Gasteiger partial charge in [-0.3, -0.25) is 14.8 Å². The number of hydrogen-bond acceptors (Lipinski definition) is 4. The maximum atomic E-state index is 6.28. The van der Waals surface area contributed by atoms with E-state index in [9.17, 15) is 0 Å². The summed E-state index contributed by atoms with van der Waals surface area (Å²) in [6, 6.07) is 9.58. The van der Waals surface area contributed by atoms with E-state index in [0.29, 0.717) is 24.0 Å². The summed E-state index contributed by atoms with van der Waals surface area (Å²) in [6.07, 6.45) is 2.42. The Bertz CT molecular complexity index is 700. The summed E-state index contributed by atoms with van der Waals surface area (Å²) in [5.74, 6) is 1.39. The van der Waals surface area contributed by atoms with Crippen molar-refractivity contribution in [2.24, 2.45) is 10.9 Å². The molecular weight excluding hydrogens is 398 g/mol. The molecule has 4 unspecified atom stereocenters. The quantitative estimate of drug-likeness (QED) is 0.531. The first-order chi connectivity index (χ1) is 14.5. The minimum Gasteiger partial charge on any atom is -0.379 e. The average Bonchev–Trinajstić information content (AvgIpc) is 2.74. The predicted molar refractivity (Wildman–Crippen MR) is 125 cm³/mol. The molecule has 2 aliphatic rings. The summed E-state index contributed by atoms with van der Waals surface area (Å²) >= 11 is 6.28. The highest BCUT2D eigenvalue weighted by Crippen LogP contribution is 2.35. The molecule has 2 N–H and O–H groups in total. The van der Waals surface area contributed by atoms with Crippen molar-refractivity contribution >= 4 is 17.6 Å². The van der Waals surface area contributed by atoms with Gasteiger partial charge in [-0.15, -0.1) is 0 Å². The van der Waals surface area contributed by atoms with Gasteiger partial charge in [0.05, 0.1) is 13.2 Å². The average molecular weight is 436 g/mol. The van der Waals surface area contributed by atoms with Crippen LogP contribution in [-0.2, 0) is 4.74 Å². The van der Waals surface area contributed by atoms with Crippen molar-refractivity contribution in [2.75, 3.05) is 53.5 Å². The van der Waals surface area contributed by atoms with E-state index < -0.39 is 0 Å². The Labute approximate surface area is 187 Å². The number of nitrogens with one attached hydrogen (secondary N) is 2. The predicted octanol–water partition coefficient (Wildman–Crippen LogP) is 3.00. The molecule has 0 amide bonds. The van der Waals surface area contributed by atoms with Gasteiger partial charge in [0.15, 0.2) is 5.96 Å². The van der Waals surface area contributed by atoms with E-state index >= 15 is 0 Å². The number of likely N-dealkylation sites (tertiary alicyclic amines) is 1. The molecule has 2 aliphatic heterocycles. The molecule has 6 nitrogen and oxygen atoms in total. The van der Waals surface area contributed by atoms with Crippen molar-refractivity contribution in [3.63, 3.8) is 0 Å². The second-order valence-electron chi connectivity index (χ2n) is 8.73. The lowest BCUT2D eigenvalue weighted by molar-refractivity contribution is -0.0174. The van der Waals surface area contributed by atoms with Gasteiger partial charge in [0.1, 0.15) is 0 Å². The Morgan fingerprint density at radius 3 is 2.90 bits per heavy atom. The van der Waals surface area contributed by atoms with Gasteiger partial charge >= 0.3 is 0 Å². The largest absolute Gasteiger partial charge is 0.379 e. The summed E-state index contributed by atoms with van der Waals surface area (Å²) in [7, 11) is 4.06. The van der Waals surface area contributed by atoms with Crippen LogP contribution in [0.1, 0.15) is 38.3 Å². The Balaban J connectivity index is 1.55. The van der Waals surface area contributed by atoms with Crippen LogP contribution in [0.4, 0.5) is 0 Å². The Hall–Kier alpha value is -1.34. The maximum absolute atomic E-state index is 6.28. The fraction of sp³-hybridized carbons (Fsp3) is 0.696. The SMILES string of the molecule is CN=C(NCC1CCCN(C)C1c1cccc(Cl)c1)NCC(C)N1CCOCC1C. The van der Waals surface area contributed by atoms with Crippen LogP contribution in [0.3, 0.4) is 0 Å². The van der Waals surface area contributed by atoms with Gasteiger partial charge in [0.2, 0.25) is 0 Å². The molecule has 2 saturated heterocycles. The van der Waals surface area contributed by atoms with Crippen LogP contribution in [0.2, 0.25) is 5.02 Å². The summed E-state index contributed by atoms with van der Waals surface area (Å²) < 4.78 is 5.57. The smallest absolute Gasteiger partial charge is 0.191 e. The number of rotatable bonds is 6. The number of guanidine groups is 1. The summed E-state index contributed by atoms with van der Waals surface area (Å²) in [5.41, 5.74) is 1.30. The third-order valence-corrected chi connectivity index (χ3v) is 6.74. The standard InChI is InChI=1S/C23H38ClN5O/c1-17(29-11-12-30-16-18(29)2)14-26-23(25-3)27-15-20-8-6-10-28(4)22(20)19-7-5-9-21(24)13-19/h5,7,9,13,17-18,20,22H,6,8,10-12,14-16H2,1-4H3,(H2,25,26,27). The second-order valence-corrected chi connectivity index (χ2v) is 9.16. The molecule has 4 atom stereocenters. The minimum absolute atomic E-state index is 0.371. The molecule has 1 aromatic rings. The van der Waals surface area contributed by atoms with Gasteiger partial charge in [0.25, 0.3) is 0 Å². The Morgan fingerprint density at radius 1 is 1.33 bits per heavy atom. The number of ether oxygens (including phenoxy) is 1. The number of morpholine rings is 1. The fourth-order valence-electron chi connectivity index (χ4n) is 4.90. The van der Waals surface area contributed by atoms with Gasteiger partial charge in [-0.2, -0.15) is 0 Å². The molecular formula is C23H38ClN5O. The van der Waals surface area contributed by atoms with Gasteiger partial charge in [-0.25, -0.2) is 0 Å². The first kappa shape index (κ1) is 23.3. The molecule has 2 fully saturated rings. The van der Waals surface area contributed by atoms with Crippen molar-refractivity contribution in [3.05, 3.63) is 34.9 Å². The van der Waals surface area contributed by atoms with Crippen LogP contribution in [0.5, 0.6) is 0 Å². The van der Waals surface area contributed by atoms with Crippen LogP contribution in [0, 0.1) is 5.92 Å². The molecule has 0 spiro atoms. The molecule has 0 saturated carbocycles. The zero-order valence-electron chi connectivity index (χ0n) is 18.9. The minimum atomic E-state index is 0.371. The van der Waals surface area contributed by atoms with Crippen LogP contribution >= 0.6 is 11.6 Å². The first-order valence-corrected chi connectivity index (χ1v) is 11.6. The zero-order valence-corrected chi connectivity index (χ0v) is 19.7. The highest BCUT2D eigenvalue weighted by atomic mass is 35.5. The molecule has 0 bridgehead atoms. The van der Waals surface area contributed by atoms with E-state index in [-0.39, 0.29) is 0 Å². The first-order valence-electron chi connectivity index (χ1n) is 11.2. The molecule has 30 heavy (non-hydrogen) atoms. The summed E-state index contributed by atoms with van der Waals surface area (Å²) in [5, 5.41) is 7.91. The molecule has 7 heteroatoms. The van der Waals surface area contributed by atoms with Crippen molar-refractivity contribution in [1.82, 2.24) is 20.4 Å². The van der Waals surface area contributed by atoms with Crippen molar-refractivity contribution in [2.45, 2.75) is 44.8 Å². The van der Waals surface area contributed by atoms with Gasteiger partial charge in [-0.1, -0.05) is 23.7 Å². The van der Waals surface area contributed by atoms with Crippen molar-refractivity contribution in [1.29, 1.82) is 0 Å². The van der Waals surface area contributed by atoms with Crippen molar-refractivity contribution in [3.8, 4) is 0 Å². The lowest BCUT2D eigenvalue weighted by Crippen LogP contribution is -2.53. The molecule has 0 radical (unpaired) electrons. The Morgan fingerprint density at radius 2 is 2.17 bits per heavy atom. The second kappa shape index (κ2) is 11.3. The van der Waals surface area contributed by atoms with E-state index in [0.717, 1.165) is 50.4 Å². The van der Waals surface area contributed by atoms with Gasteiger partial charge in [-0.05, 0) is 63.9 Å². The topological polar surface area (TPSA) is 52.1 Å². The van der Waals surface area contributed by atoms with Gasteiger partial charge in [0, 0.05) is 49.8 Å². The van der Waals surface area contributed by atoms with E-state index in [4.69, 9.17) is 16.3 Å². The van der Waals surface area contributed by atoms with Crippen LogP contribution in [-0.4, -0.2) is 81.3 Å². The van der Waals surface area contributed by atoms with Crippen LogP contribution in [0.15, 0.2) is 29.3 Å². The number of halogens is 1. The van der Waals surface area contributed by atoms with E-state index in [2.05, 4.69) is 64.5 Å². The molecule has 2 heterocycles. The molecule has 0 aliphatic carbocycles.